The third-order valence-corrected chi connectivity index (χ3v) is 14.7. The van der Waals surface area contributed by atoms with Crippen LogP contribution in [-0.4, -0.2) is 69.2 Å². The molecule has 8 rings (SSSR count). The number of unbranched alkanes of at least 4 members (excludes halogenated alkanes) is 2. The average Bonchev–Trinajstić information content (AvgIpc) is 3.50. The second kappa shape index (κ2) is 28.8. The third kappa shape index (κ3) is 17.9. The molecule has 0 unspecified atom stereocenters. The molecule has 1 aliphatic rings. The molecule has 78 heavy (non-hydrogen) atoms. The second-order valence-corrected chi connectivity index (χ2v) is 21.5. The fourth-order valence-electron chi connectivity index (χ4n) is 8.26. The highest BCUT2D eigenvalue weighted by Crippen LogP contribution is 2.33. The summed E-state index contributed by atoms with van der Waals surface area (Å²) in [6.07, 6.45) is 5.53. The molecule has 19 heteroatoms. The normalized spacial score (nSPS) is 12.3. The number of nitrogens with one attached hydrogen (secondary N) is 1. The maximum absolute atomic E-state index is 12.9. The van der Waals surface area contributed by atoms with Gasteiger partial charge in [-0.05, 0) is 147 Å². The van der Waals surface area contributed by atoms with Crippen molar-refractivity contribution in [1.82, 2.24) is 10.3 Å². The Kier molecular flexibility index (Phi) is 22.4. The van der Waals surface area contributed by atoms with Crippen molar-refractivity contribution in [2.24, 2.45) is 0 Å². The van der Waals surface area contributed by atoms with E-state index in [2.05, 4.69) is 24.1 Å². The number of carbonyl (C=O) groups is 2. The fourth-order valence-corrected chi connectivity index (χ4v) is 9.91. The molecule has 13 nitrogen and oxygen atoms in total. The predicted molar refractivity (Wildman–Crippen MR) is 294 cm³/mol. The molecule has 1 aromatic heterocycles. The maximum atomic E-state index is 12.9. The Hall–Kier alpha value is -6.67. The number of aryl methyl sites for hydroxylation is 2. The zero-order valence-corrected chi connectivity index (χ0v) is 45.6. The Morgan fingerprint density at radius 3 is 1.85 bits per heavy atom. The van der Waals surface area contributed by atoms with Crippen molar-refractivity contribution in [2.45, 2.75) is 101 Å². The van der Waals surface area contributed by atoms with Crippen LogP contribution in [-0.2, 0) is 68.2 Å². The van der Waals surface area contributed by atoms with Gasteiger partial charge in [0.1, 0.15) is 27.8 Å². The van der Waals surface area contributed by atoms with Gasteiger partial charge in [-0.15, -0.1) is 0 Å². The van der Waals surface area contributed by atoms with E-state index in [1.54, 1.807) is 12.1 Å². The number of aromatic nitrogens is 1. The molecule has 0 spiro atoms. The third-order valence-electron chi connectivity index (χ3n) is 12.6. The molecule has 1 heterocycles. The largest absolute Gasteiger partial charge is 0.489 e. The first-order chi connectivity index (χ1) is 37.3. The summed E-state index contributed by atoms with van der Waals surface area (Å²) in [6.45, 7) is 6.90. The Morgan fingerprint density at radius 1 is 0.654 bits per heavy atom. The van der Waals surface area contributed by atoms with E-state index in [4.69, 9.17) is 34.9 Å². The molecule has 0 fully saturated rings. The van der Waals surface area contributed by atoms with E-state index in [1.165, 1.54) is 54.8 Å². The maximum Gasteiger partial charge on any atom is 0.416 e. The van der Waals surface area contributed by atoms with E-state index in [0.717, 1.165) is 122 Å². The SMILES string of the molecule is CCCCOC(=O)c1ccc(CCNCCc2ccccc2OCc2ccc(-c3ccc(C(F)(F)F)cc3)cc2Cl)cc1.CCCCOC(=O)c1ccc2c(n1)CCCC2.O=S(=O)(O)c1cccc2c(S(=O)(=O)O)cccc12. The van der Waals surface area contributed by atoms with Crippen molar-refractivity contribution in [3.05, 3.63) is 189 Å². The van der Waals surface area contributed by atoms with Gasteiger partial charge in [0.05, 0.1) is 24.3 Å². The molecule has 0 atom stereocenters. The smallest absolute Gasteiger partial charge is 0.416 e. The predicted octanol–water partition coefficient (Wildman–Crippen LogP) is 13.2. The summed E-state index contributed by atoms with van der Waals surface area (Å²) in [5.74, 6) is 0.205. The Bertz CT molecular complexity index is 3290. The van der Waals surface area contributed by atoms with Gasteiger partial charge >= 0.3 is 18.1 Å². The lowest BCUT2D eigenvalue weighted by molar-refractivity contribution is -0.137. The number of para-hydroxylation sites is 1. The minimum Gasteiger partial charge on any atom is -0.489 e. The van der Waals surface area contributed by atoms with Crippen LogP contribution in [0.25, 0.3) is 21.9 Å². The Morgan fingerprint density at radius 2 is 1.24 bits per heavy atom. The molecule has 0 aliphatic heterocycles. The number of carbonyl (C=O) groups excluding carboxylic acids is 2. The Labute approximate surface area is 458 Å². The first-order valence-electron chi connectivity index (χ1n) is 25.5. The summed E-state index contributed by atoms with van der Waals surface area (Å²) < 4.78 is 118. The number of hydrogen-bond acceptors (Lipinski definition) is 11. The van der Waals surface area contributed by atoms with Crippen LogP contribution in [0.1, 0.15) is 107 Å². The van der Waals surface area contributed by atoms with Crippen LogP contribution in [0.5, 0.6) is 5.75 Å². The quantitative estimate of drug-likeness (QED) is 0.0371. The number of fused-ring (bicyclic) bond motifs is 2. The first-order valence-corrected chi connectivity index (χ1v) is 28.8. The van der Waals surface area contributed by atoms with Gasteiger partial charge in [0, 0.05) is 27.1 Å². The van der Waals surface area contributed by atoms with Crippen LogP contribution in [0, 0.1) is 0 Å². The van der Waals surface area contributed by atoms with Crippen molar-refractivity contribution in [3.8, 4) is 16.9 Å². The van der Waals surface area contributed by atoms with E-state index in [0.29, 0.717) is 35.1 Å². The summed E-state index contributed by atoms with van der Waals surface area (Å²) >= 11 is 6.51. The summed E-state index contributed by atoms with van der Waals surface area (Å²) in [5.41, 5.74) is 7.10. The van der Waals surface area contributed by atoms with Crippen LogP contribution in [0.15, 0.2) is 149 Å². The molecule has 6 aromatic carbocycles. The first kappa shape index (κ1) is 60.6. The number of alkyl halides is 3. The lowest BCUT2D eigenvalue weighted by Crippen LogP contribution is -2.20. The van der Waals surface area contributed by atoms with Crippen LogP contribution in [0.4, 0.5) is 13.2 Å². The zero-order valence-electron chi connectivity index (χ0n) is 43.2. The van der Waals surface area contributed by atoms with Crippen molar-refractivity contribution in [1.29, 1.82) is 0 Å². The van der Waals surface area contributed by atoms with Gasteiger partial charge < -0.3 is 19.5 Å². The number of ether oxygens (including phenoxy) is 3. The second-order valence-electron chi connectivity index (χ2n) is 18.3. The van der Waals surface area contributed by atoms with Gasteiger partial charge in [-0.1, -0.05) is 123 Å². The fraction of sp³-hybridized carbons (Fsp3) is 0.305. The molecule has 0 saturated carbocycles. The standard InChI is InChI=1S/C35H35ClF3NO3.C14H19NO2.C10H8O6S2/c1-2-3-22-42-34(41)28-10-8-25(9-11-28)18-20-40-21-19-27-6-4-5-7-33(27)43-24-30-13-12-29(23-32(30)36)26-14-16-31(17-15-26)35(37,38)39;1-2-3-10-17-14(16)13-9-8-11-6-4-5-7-12(11)15-13;11-17(12,13)9-5-1-3-7-8(9)4-2-6-10(7)18(14,15)16/h4-17,23,40H,2-3,18-22,24H2,1H3;8-9H,2-7,10H2,1H3;1-6H,(H,11,12,13)(H,14,15,16). The van der Waals surface area contributed by atoms with Crippen molar-refractivity contribution in [3.63, 3.8) is 0 Å². The Balaban J connectivity index is 0.000000228. The minimum atomic E-state index is -4.47. The highest BCUT2D eigenvalue weighted by molar-refractivity contribution is 7.86. The van der Waals surface area contributed by atoms with Crippen LogP contribution < -0.4 is 10.1 Å². The van der Waals surface area contributed by atoms with Crippen molar-refractivity contribution < 1.29 is 62.9 Å². The topological polar surface area (TPSA) is 195 Å². The lowest BCUT2D eigenvalue weighted by atomic mass is 9.96. The number of pyridine rings is 1. The minimum absolute atomic E-state index is 0.0233. The molecule has 0 amide bonds. The summed E-state index contributed by atoms with van der Waals surface area (Å²) in [5, 5.41) is 4.00. The van der Waals surface area contributed by atoms with E-state index in [-0.39, 0.29) is 29.3 Å². The average molecular weight is 1130 g/mol. The van der Waals surface area contributed by atoms with Crippen LogP contribution in [0.2, 0.25) is 5.02 Å². The molecular weight excluding hydrogens is 1070 g/mol. The number of benzene rings is 6. The van der Waals surface area contributed by atoms with Gasteiger partial charge in [-0.2, -0.15) is 30.0 Å². The molecular formula is C59H62ClF3N2O11S2. The van der Waals surface area contributed by atoms with Gasteiger partial charge in [-0.3, -0.25) is 9.11 Å². The molecule has 414 valence electrons. The van der Waals surface area contributed by atoms with Gasteiger partial charge in [0.15, 0.2) is 0 Å². The molecule has 1 aliphatic carbocycles. The number of halogens is 4. The molecule has 3 N–H and O–H groups in total. The van der Waals surface area contributed by atoms with Crippen molar-refractivity contribution >= 4 is 54.5 Å². The number of rotatable bonds is 20. The molecule has 0 saturated heterocycles. The van der Waals surface area contributed by atoms with Gasteiger partial charge in [0.2, 0.25) is 0 Å². The highest BCUT2D eigenvalue weighted by Gasteiger charge is 2.30. The van der Waals surface area contributed by atoms with Gasteiger partial charge in [-0.25, -0.2) is 14.6 Å². The van der Waals surface area contributed by atoms with Crippen molar-refractivity contribution in [2.75, 3.05) is 26.3 Å². The molecule has 7 aromatic rings. The number of hydrogen-bond donors (Lipinski definition) is 3. The highest BCUT2D eigenvalue weighted by atomic mass is 35.5. The summed E-state index contributed by atoms with van der Waals surface area (Å²) in [6, 6.07) is 37.2. The van der Waals surface area contributed by atoms with Crippen LogP contribution in [0.3, 0.4) is 0 Å². The number of esters is 2. The van der Waals surface area contributed by atoms with Gasteiger partial charge in [0.25, 0.3) is 20.2 Å². The van der Waals surface area contributed by atoms with E-state index < -0.39 is 41.8 Å². The van der Waals surface area contributed by atoms with Crippen LogP contribution >= 0.6 is 11.6 Å². The zero-order chi connectivity index (χ0) is 56.3. The van der Waals surface area contributed by atoms with E-state index in [1.807, 2.05) is 66.7 Å². The molecule has 0 bridgehead atoms. The lowest BCUT2D eigenvalue weighted by Gasteiger charge is -2.14. The summed E-state index contributed by atoms with van der Waals surface area (Å²) in [4.78, 5) is 27.4. The number of nitrogens with zero attached hydrogens (tertiary/aromatic N) is 1. The summed E-state index contributed by atoms with van der Waals surface area (Å²) in [7, 11) is -8.94. The van der Waals surface area contributed by atoms with E-state index in [9.17, 15) is 39.6 Å². The molecule has 0 radical (unpaired) electrons. The van der Waals surface area contributed by atoms with E-state index >= 15 is 0 Å². The monoisotopic (exact) mass is 1130 g/mol.